The topological polar surface area (TPSA) is 20.3 Å². The lowest BCUT2D eigenvalue weighted by Crippen LogP contribution is -2.31. The Morgan fingerprint density at radius 3 is 2.11 bits per heavy atom. The van der Waals surface area contributed by atoms with Gasteiger partial charge in [-0.3, -0.25) is 4.79 Å². The van der Waals surface area contributed by atoms with Crippen LogP contribution in [0.5, 0.6) is 0 Å². The van der Waals surface area contributed by atoms with Crippen molar-refractivity contribution < 1.29 is 4.79 Å². The first kappa shape index (κ1) is 9.05. The maximum Gasteiger partial charge on any atom is 0.317 e. The molecule has 0 unspecified atom stereocenters. The highest BCUT2D eigenvalue weighted by Crippen LogP contribution is 2.03. The van der Waals surface area contributed by atoms with E-state index in [1.165, 1.54) is 4.90 Å². The molecule has 0 N–H and O–H groups in total. The summed E-state index contributed by atoms with van der Waals surface area (Å²) < 4.78 is 0. The highest BCUT2D eigenvalue weighted by atomic mass is 35.5. The lowest BCUT2D eigenvalue weighted by atomic mass is 10.4. The molecule has 0 radical (unpaired) electrons. The van der Waals surface area contributed by atoms with Crippen molar-refractivity contribution in [2.45, 2.75) is 19.9 Å². The predicted octanol–water partition coefficient (Wildman–Crippen LogP) is 2.25. The molecule has 0 heterocycles. The summed E-state index contributed by atoms with van der Waals surface area (Å²) in [5, 5.41) is -0.500. The second-order valence-electron chi connectivity index (χ2n) is 1.94. The van der Waals surface area contributed by atoms with Gasteiger partial charge < -0.3 is 4.90 Å². The zero-order valence-corrected chi connectivity index (χ0v) is 6.91. The van der Waals surface area contributed by atoms with Crippen molar-refractivity contribution in [2.75, 3.05) is 6.00 Å². The van der Waals surface area contributed by atoms with Crippen LogP contribution in [0.15, 0.2) is 0 Å². The maximum atomic E-state index is 10.4. The van der Waals surface area contributed by atoms with Crippen LogP contribution in [0.25, 0.3) is 0 Å². The van der Waals surface area contributed by atoms with Crippen LogP contribution in [0.2, 0.25) is 0 Å². The first-order valence-corrected chi connectivity index (χ1v) is 3.53. The summed E-state index contributed by atoms with van der Waals surface area (Å²) >= 11 is 10.5. The van der Waals surface area contributed by atoms with Gasteiger partial charge in [0.15, 0.2) is 0 Å². The molecular formula is C5H9Cl2NO. The number of carbonyl (C=O) groups excluding carboxylic acids is 1. The minimum absolute atomic E-state index is 0.0764. The molecule has 0 bridgehead atoms. The minimum Gasteiger partial charge on any atom is -0.313 e. The van der Waals surface area contributed by atoms with Crippen LogP contribution in [0.4, 0.5) is 4.79 Å². The number of alkyl halides is 1. The molecule has 2 nitrogen and oxygen atoms in total. The van der Waals surface area contributed by atoms with Crippen molar-refractivity contribution in [2.24, 2.45) is 0 Å². The van der Waals surface area contributed by atoms with Gasteiger partial charge in [-0.1, -0.05) is 0 Å². The highest BCUT2D eigenvalue weighted by molar-refractivity contribution is 6.63. The van der Waals surface area contributed by atoms with E-state index in [2.05, 4.69) is 0 Å². The number of carbonyl (C=O) groups is 1. The van der Waals surface area contributed by atoms with Gasteiger partial charge >= 0.3 is 5.37 Å². The Kier molecular flexibility index (Phi) is 3.98. The van der Waals surface area contributed by atoms with E-state index in [1.807, 2.05) is 13.8 Å². The van der Waals surface area contributed by atoms with Crippen LogP contribution in [-0.2, 0) is 0 Å². The summed E-state index contributed by atoms with van der Waals surface area (Å²) in [6.45, 7) is 3.70. The molecule has 0 saturated heterocycles. The summed E-state index contributed by atoms with van der Waals surface area (Å²) in [5.41, 5.74) is 0. The SMILES string of the molecule is CC(C)N(CCl)C(=O)Cl. The lowest BCUT2D eigenvalue weighted by molar-refractivity contribution is 0.218. The Morgan fingerprint density at radius 2 is 2.11 bits per heavy atom. The van der Waals surface area contributed by atoms with E-state index < -0.39 is 5.37 Å². The molecule has 0 aliphatic rings. The van der Waals surface area contributed by atoms with E-state index in [-0.39, 0.29) is 12.0 Å². The molecule has 0 fully saturated rings. The molecule has 9 heavy (non-hydrogen) atoms. The smallest absolute Gasteiger partial charge is 0.313 e. The van der Waals surface area contributed by atoms with Crippen molar-refractivity contribution in [3.8, 4) is 0 Å². The normalized spacial score (nSPS) is 9.89. The molecular weight excluding hydrogens is 161 g/mol. The fraction of sp³-hybridized carbons (Fsp3) is 0.800. The number of hydrogen-bond donors (Lipinski definition) is 0. The molecule has 4 heteroatoms. The third-order valence-electron chi connectivity index (χ3n) is 0.978. The van der Waals surface area contributed by atoms with E-state index in [1.54, 1.807) is 0 Å². The zero-order valence-electron chi connectivity index (χ0n) is 5.40. The van der Waals surface area contributed by atoms with Gasteiger partial charge in [0.2, 0.25) is 0 Å². The lowest BCUT2D eigenvalue weighted by Gasteiger charge is -2.19. The van der Waals surface area contributed by atoms with Gasteiger partial charge in [0.1, 0.15) is 0 Å². The highest BCUT2D eigenvalue weighted by Gasteiger charge is 2.11. The molecule has 0 aliphatic carbocycles. The second kappa shape index (κ2) is 3.96. The molecule has 0 rings (SSSR count). The molecule has 0 aliphatic heterocycles. The van der Waals surface area contributed by atoms with Crippen LogP contribution in [0, 0.1) is 0 Å². The largest absolute Gasteiger partial charge is 0.317 e. The van der Waals surface area contributed by atoms with Crippen molar-refractivity contribution in [1.82, 2.24) is 4.90 Å². The number of hydrogen-bond acceptors (Lipinski definition) is 1. The van der Waals surface area contributed by atoms with E-state index in [4.69, 9.17) is 23.2 Å². The summed E-state index contributed by atoms with van der Waals surface area (Å²) in [6.07, 6.45) is 0. The third kappa shape index (κ3) is 2.92. The molecule has 0 atom stereocenters. The van der Waals surface area contributed by atoms with Gasteiger partial charge in [0.25, 0.3) is 0 Å². The second-order valence-corrected chi connectivity index (χ2v) is 2.50. The van der Waals surface area contributed by atoms with Crippen LogP contribution in [-0.4, -0.2) is 22.3 Å². The van der Waals surface area contributed by atoms with E-state index in [9.17, 15) is 4.79 Å². The number of rotatable bonds is 2. The van der Waals surface area contributed by atoms with Gasteiger partial charge in [-0.25, -0.2) is 0 Å². The Balaban J connectivity index is 3.83. The molecule has 0 aromatic heterocycles. The number of nitrogens with zero attached hydrogens (tertiary/aromatic N) is 1. The quantitative estimate of drug-likeness (QED) is 0.353. The van der Waals surface area contributed by atoms with Crippen LogP contribution in [0.1, 0.15) is 13.8 Å². The molecule has 0 saturated carbocycles. The molecule has 0 aromatic carbocycles. The Morgan fingerprint density at radius 1 is 1.67 bits per heavy atom. The van der Waals surface area contributed by atoms with Crippen LogP contribution in [0.3, 0.4) is 0 Å². The van der Waals surface area contributed by atoms with Gasteiger partial charge in [-0.2, -0.15) is 0 Å². The fourth-order valence-corrected chi connectivity index (χ4v) is 1.09. The van der Waals surface area contributed by atoms with Crippen molar-refractivity contribution in [1.29, 1.82) is 0 Å². The van der Waals surface area contributed by atoms with Gasteiger partial charge in [0, 0.05) is 6.04 Å². The number of amides is 1. The first-order chi connectivity index (χ1) is 4.09. The van der Waals surface area contributed by atoms with Gasteiger partial charge in [-0.05, 0) is 25.4 Å². The third-order valence-corrected chi connectivity index (χ3v) is 1.45. The average Bonchev–Trinajstić information content (AvgIpc) is 1.64. The van der Waals surface area contributed by atoms with Gasteiger partial charge in [0.05, 0.1) is 6.00 Å². The Labute approximate surface area is 64.7 Å². The van der Waals surface area contributed by atoms with Crippen molar-refractivity contribution >= 4 is 28.6 Å². The zero-order chi connectivity index (χ0) is 7.44. The van der Waals surface area contributed by atoms with E-state index in [0.717, 1.165) is 0 Å². The fourth-order valence-electron chi connectivity index (χ4n) is 0.388. The monoisotopic (exact) mass is 169 g/mol. The van der Waals surface area contributed by atoms with Crippen LogP contribution < -0.4 is 0 Å². The van der Waals surface area contributed by atoms with E-state index >= 15 is 0 Å². The summed E-state index contributed by atoms with van der Waals surface area (Å²) in [5.74, 6) is 0. The maximum absolute atomic E-state index is 10.4. The minimum atomic E-state index is -0.500. The molecule has 0 spiro atoms. The molecule has 54 valence electrons. The summed E-state index contributed by atoms with van der Waals surface area (Å²) in [4.78, 5) is 11.8. The van der Waals surface area contributed by atoms with Crippen LogP contribution >= 0.6 is 23.2 Å². The first-order valence-electron chi connectivity index (χ1n) is 2.61. The Hall–Kier alpha value is 0.0500. The molecule has 1 amide bonds. The Bertz CT molecular complexity index is 105. The van der Waals surface area contributed by atoms with E-state index in [0.29, 0.717) is 0 Å². The summed E-state index contributed by atoms with van der Waals surface area (Å²) in [7, 11) is 0. The molecule has 0 aromatic rings. The predicted molar refractivity (Wildman–Crippen MR) is 38.9 cm³/mol. The van der Waals surface area contributed by atoms with Crippen molar-refractivity contribution in [3.63, 3.8) is 0 Å². The average molecular weight is 170 g/mol. The van der Waals surface area contributed by atoms with Crippen molar-refractivity contribution in [3.05, 3.63) is 0 Å². The standard InChI is InChI=1S/C5H9Cl2NO/c1-4(2)8(3-6)5(7)9/h4H,3H2,1-2H3. The summed E-state index contributed by atoms with van der Waals surface area (Å²) in [6, 6.07) is 0.229. The number of halogens is 2. The van der Waals surface area contributed by atoms with Gasteiger partial charge in [-0.15, -0.1) is 11.6 Å².